The van der Waals surface area contributed by atoms with Gasteiger partial charge in [0, 0.05) is 5.39 Å². The molecule has 1 amide bonds. The number of halogens is 1. The number of aliphatic hydroxyl groups excluding tert-OH is 1. The molecule has 1 heterocycles. The lowest BCUT2D eigenvalue weighted by Crippen LogP contribution is -2.30. The average Bonchev–Trinajstić information content (AvgIpc) is 2.99. The molecular weight excluding hydrogens is 330 g/mol. The molecule has 0 aliphatic heterocycles. The molecule has 24 heavy (non-hydrogen) atoms. The minimum absolute atomic E-state index is 0.0855. The Morgan fingerprint density at radius 2 is 2.17 bits per heavy atom. The molecule has 0 radical (unpaired) electrons. The van der Waals surface area contributed by atoms with E-state index in [1.165, 1.54) is 0 Å². The van der Waals surface area contributed by atoms with Gasteiger partial charge in [-0.2, -0.15) is 5.10 Å². The molecule has 0 spiro atoms. The number of aromatic nitrogens is 2. The third kappa shape index (κ3) is 3.34. The van der Waals surface area contributed by atoms with Gasteiger partial charge in [0.25, 0.3) is 5.91 Å². The highest BCUT2D eigenvalue weighted by Gasteiger charge is 2.18. The minimum Gasteiger partial charge on any atom is -0.481 e. The Morgan fingerprint density at radius 3 is 2.96 bits per heavy atom. The Labute approximate surface area is 143 Å². The van der Waals surface area contributed by atoms with Gasteiger partial charge in [-0.15, -0.1) is 0 Å². The van der Waals surface area contributed by atoms with Crippen molar-refractivity contribution >= 4 is 34.2 Å². The van der Waals surface area contributed by atoms with E-state index in [0.717, 1.165) is 5.39 Å². The summed E-state index contributed by atoms with van der Waals surface area (Å²) >= 11 is 6.08. The molecule has 0 fully saturated rings. The van der Waals surface area contributed by atoms with Crippen molar-refractivity contribution in [1.29, 1.82) is 0 Å². The molecule has 7 heteroatoms. The molecule has 1 aromatic heterocycles. The predicted octanol–water partition coefficient (Wildman–Crippen LogP) is 3.11. The van der Waals surface area contributed by atoms with Gasteiger partial charge in [-0.1, -0.05) is 29.8 Å². The minimum atomic E-state index is -0.732. The summed E-state index contributed by atoms with van der Waals surface area (Å²) in [5, 5.41) is 20.0. The molecule has 2 aromatic carbocycles. The molecular formula is C17H16ClN3O3. The third-order valence-electron chi connectivity index (χ3n) is 3.55. The number of hydrogen-bond acceptors (Lipinski definition) is 4. The van der Waals surface area contributed by atoms with Crippen LogP contribution in [-0.2, 0) is 11.4 Å². The highest BCUT2D eigenvalue weighted by atomic mass is 35.5. The molecule has 1 unspecified atom stereocenters. The van der Waals surface area contributed by atoms with Crippen LogP contribution in [0, 0.1) is 0 Å². The maximum atomic E-state index is 12.3. The zero-order chi connectivity index (χ0) is 17.1. The predicted molar refractivity (Wildman–Crippen MR) is 92.2 cm³/mol. The fourth-order valence-electron chi connectivity index (χ4n) is 2.30. The van der Waals surface area contributed by atoms with Crippen molar-refractivity contribution in [3.05, 3.63) is 53.1 Å². The van der Waals surface area contributed by atoms with Crippen molar-refractivity contribution in [3.63, 3.8) is 0 Å². The number of benzene rings is 2. The number of hydrogen-bond donors (Lipinski definition) is 3. The lowest BCUT2D eigenvalue weighted by molar-refractivity contribution is -0.122. The second kappa shape index (κ2) is 6.90. The van der Waals surface area contributed by atoms with E-state index >= 15 is 0 Å². The maximum absolute atomic E-state index is 12.3. The molecule has 0 saturated heterocycles. The van der Waals surface area contributed by atoms with Crippen molar-refractivity contribution in [2.24, 2.45) is 0 Å². The van der Waals surface area contributed by atoms with Crippen LogP contribution in [0.5, 0.6) is 5.75 Å². The van der Waals surface area contributed by atoms with E-state index in [9.17, 15) is 4.79 Å². The number of aliphatic hydroxyl groups is 1. The Morgan fingerprint density at radius 1 is 1.38 bits per heavy atom. The number of carbonyl (C=O) groups excluding carboxylic acids is 1. The van der Waals surface area contributed by atoms with Crippen molar-refractivity contribution in [3.8, 4) is 5.75 Å². The Kier molecular flexibility index (Phi) is 4.69. The summed E-state index contributed by atoms with van der Waals surface area (Å²) in [5.74, 6) is 0.578. The van der Waals surface area contributed by atoms with E-state index in [4.69, 9.17) is 21.4 Å². The largest absolute Gasteiger partial charge is 0.481 e. The Balaban J connectivity index is 1.72. The van der Waals surface area contributed by atoms with Gasteiger partial charge in [-0.3, -0.25) is 9.89 Å². The standard InChI is InChI=1S/C17H16ClN3O3/c1-10(24-12-5-2-4-11(8-12)9-22)17(23)19-16-13-6-3-7-14(18)15(13)20-21-16/h2-8,10,22H,9H2,1H3,(H2,19,20,21,23). The van der Waals surface area contributed by atoms with Crippen LogP contribution in [0.1, 0.15) is 12.5 Å². The summed E-state index contributed by atoms with van der Waals surface area (Å²) < 4.78 is 5.62. The average molecular weight is 346 g/mol. The second-order valence-corrected chi connectivity index (χ2v) is 5.70. The van der Waals surface area contributed by atoms with Gasteiger partial charge in [0.05, 0.1) is 17.1 Å². The van der Waals surface area contributed by atoms with Gasteiger partial charge < -0.3 is 15.2 Å². The molecule has 0 aliphatic carbocycles. The number of para-hydroxylation sites is 1. The van der Waals surface area contributed by atoms with Crippen molar-refractivity contribution < 1.29 is 14.6 Å². The summed E-state index contributed by atoms with van der Waals surface area (Å²) in [6.07, 6.45) is -0.732. The lowest BCUT2D eigenvalue weighted by atomic mass is 10.2. The number of anilines is 1. The summed E-state index contributed by atoms with van der Waals surface area (Å²) in [6, 6.07) is 12.3. The smallest absolute Gasteiger partial charge is 0.266 e. The molecule has 1 atom stereocenters. The first-order chi connectivity index (χ1) is 11.6. The number of carbonyl (C=O) groups is 1. The highest BCUT2D eigenvalue weighted by Crippen LogP contribution is 2.26. The summed E-state index contributed by atoms with van der Waals surface area (Å²) in [6.45, 7) is 1.56. The van der Waals surface area contributed by atoms with Crippen LogP contribution in [0.25, 0.3) is 10.9 Å². The number of ether oxygens (including phenoxy) is 1. The quantitative estimate of drug-likeness (QED) is 0.663. The highest BCUT2D eigenvalue weighted by molar-refractivity contribution is 6.35. The summed E-state index contributed by atoms with van der Waals surface area (Å²) in [5.41, 5.74) is 1.38. The topological polar surface area (TPSA) is 87.2 Å². The Hall–Kier alpha value is -2.57. The normalized spacial score (nSPS) is 12.1. The third-order valence-corrected chi connectivity index (χ3v) is 3.87. The SMILES string of the molecule is CC(Oc1cccc(CO)c1)C(=O)Nc1n[nH]c2c(Cl)cccc12. The number of H-pyrrole nitrogens is 1. The molecule has 3 N–H and O–H groups in total. The lowest BCUT2D eigenvalue weighted by Gasteiger charge is -2.14. The fourth-order valence-corrected chi connectivity index (χ4v) is 2.51. The zero-order valence-corrected chi connectivity index (χ0v) is 13.7. The first kappa shape index (κ1) is 16.3. The molecule has 0 bridgehead atoms. The van der Waals surface area contributed by atoms with E-state index < -0.39 is 6.10 Å². The van der Waals surface area contributed by atoms with Crippen LogP contribution < -0.4 is 10.1 Å². The van der Waals surface area contributed by atoms with Gasteiger partial charge in [-0.25, -0.2) is 0 Å². The van der Waals surface area contributed by atoms with Crippen LogP contribution in [-0.4, -0.2) is 27.3 Å². The van der Waals surface area contributed by atoms with E-state index in [2.05, 4.69) is 15.5 Å². The summed E-state index contributed by atoms with van der Waals surface area (Å²) in [7, 11) is 0. The van der Waals surface area contributed by atoms with Crippen LogP contribution in [0.2, 0.25) is 5.02 Å². The van der Waals surface area contributed by atoms with E-state index in [1.807, 2.05) is 6.07 Å². The van der Waals surface area contributed by atoms with Crippen LogP contribution in [0.3, 0.4) is 0 Å². The first-order valence-corrected chi connectivity index (χ1v) is 7.76. The molecule has 6 nitrogen and oxygen atoms in total. The Bertz CT molecular complexity index is 878. The van der Waals surface area contributed by atoms with Gasteiger partial charge in [0.2, 0.25) is 0 Å². The number of aromatic amines is 1. The monoisotopic (exact) mass is 345 g/mol. The number of nitrogens with one attached hydrogen (secondary N) is 2. The molecule has 0 saturated carbocycles. The van der Waals surface area contributed by atoms with Crippen LogP contribution in [0.4, 0.5) is 5.82 Å². The van der Waals surface area contributed by atoms with Gasteiger partial charge in [-0.05, 0) is 36.8 Å². The first-order valence-electron chi connectivity index (χ1n) is 7.38. The zero-order valence-electron chi connectivity index (χ0n) is 12.9. The summed E-state index contributed by atoms with van der Waals surface area (Å²) in [4.78, 5) is 12.3. The van der Waals surface area contributed by atoms with Gasteiger partial charge in [0.15, 0.2) is 11.9 Å². The molecule has 0 aliphatic rings. The van der Waals surface area contributed by atoms with E-state index in [0.29, 0.717) is 27.7 Å². The van der Waals surface area contributed by atoms with Crippen LogP contribution >= 0.6 is 11.6 Å². The fraction of sp³-hybridized carbons (Fsp3) is 0.176. The van der Waals surface area contributed by atoms with Gasteiger partial charge >= 0.3 is 0 Å². The van der Waals surface area contributed by atoms with Crippen molar-refractivity contribution in [2.75, 3.05) is 5.32 Å². The number of fused-ring (bicyclic) bond motifs is 1. The number of amides is 1. The molecule has 3 rings (SSSR count). The second-order valence-electron chi connectivity index (χ2n) is 5.29. The van der Waals surface area contributed by atoms with E-state index in [-0.39, 0.29) is 12.5 Å². The van der Waals surface area contributed by atoms with E-state index in [1.54, 1.807) is 43.3 Å². The van der Waals surface area contributed by atoms with Crippen LogP contribution in [0.15, 0.2) is 42.5 Å². The maximum Gasteiger partial charge on any atom is 0.266 e. The van der Waals surface area contributed by atoms with Crippen molar-refractivity contribution in [1.82, 2.24) is 10.2 Å². The molecule has 3 aromatic rings. The van der Waals surface area contributed by atoms with Gasteiger partial charge in [0.1, 0.15) is 5.75 Å². The molecule has 124 valence electrons. The van der Waals surface area contributed by atoms with Crippen molar-refractivity contribution in [2.45, 2.75) is 19.6 Å². The number of rotatable bonds is 5. The number of nitrogens with zero attached hydrogens (tertiary/aromatic N) is 1.